The SMILES string of the molecule is Cc1ccc(CCCNC(=O)CN(c2cccc(Cl)c2C)S(=O)(=O)c2ccc(C)cc2)cc1. The van der Waals surface area contributed by atoms with Crippen LogP contribution in [0.1, 0.15) is 28.7 Å². The van der Waals surface area contributed by atoms with Crippen LogP contribution in [-0.4, -0.2) is 27.4 Å². The normalized spacial score (nSPS) is 11.3. The lowest BCUT2D eigenvalue weighted by molar-refractivity contribution is -0.119. The van der Waals surface area contributed by atoms with E-state index in [0.717, 1.165) is 22.7 Å². The predicted molar refractivity (Wildman–Crippen MR) is 134 cm³/mol. The molecule has 0 saturated carbocycles. The zero-order valence-corrected chi connectivity index (χ0v) is 20.7. The van der Waals surface area contributed by atoms with Gasteiger partial charge in [0.05, 0.1) is 10.6 Å². The van der Waals surface area contributed by atoms with E-state index < -0.39 is 10.0 Å². The van der Waals surface area contributed by atoms with Crippen LogP contribution in [-0.2, 0) is 21.2 Å². The molecule has 174 valence electrons. The van der Waals surface area contributed by atoms with Gasteiger partial charge in [-0.1, -0.05) is 65.2 Å². The molecule has 0 radical (unpaired) electrons. The summed E-state index contributed by atoms with van der Waals surface area (Å²) < 4.78 is 28.1. The highest BCUT2D eigenvalue weighted by Crippen LogP contribution is 2.30. The molecule has 5 nitrogen and oxygen atoms in total. The molecule has 1 N–H and O–H groups in total. The fourth-order valence-electron chi connectivity index (χ4n) is 3.46. The van der Waals surface area contributed by atoms with E-state index in [4.69, 9.17) is 11.6 Å². The van der Waals surface area contributed by atoms with Gasteiger partial charge in [0.15, 0.2) is 0 Å². The summed E-state index contributed by atoms with van der Waals surface area (Å²) in [7, 11) is -3.97. The van der Waals surface area contributed by atoms with Gasteiger partial charge in [0.1, 0.15) is 6.54 Å². The number of hydrogen-bond donors (Lipinski definition) is 1. The van der Waals surface area contributed by atoms with Crippen molar-refractivity contribution in [3.05, 3.63) is 94.0 Å². The van der Waals surface area contributed by atoms with Crippen LogP contribution in [0.2, 0.25) is 5.02 Å². The van der Waals surface area contributed by atoms with Crippen molar-refractivity contribution in [2.24, 2.45) is 0 Å². The molecule has 0 aromatic heterocycles. The van der Waals surface area contributed by atoms with Gasteiger partial charge in [-0.25, -0.2) is 8.42 Å². The third-order valence-corrected chi connectivity index (χ3v) is 7.67. The summed E-state index contributed by atoms with van der Waals surface area (Å²) in [6, 6.07) is 19.9. The van der Waals surface area contributed by atoms with Crippen molar-refractivity contribution >= 4 is 33.2 Å². The Hall–Kier alpha value is -2.83. The van der Waals surface area contributed by atoms with Crippen LogP contribution in [0.4, 0.5) is 5.69 Å². The molecule has 33 heavy (non-hydrogen) atoms. The maximum absolute atomic E-state index is 13.5. The van der Waals surface area contributed by atoms with E-state index in [-0.39, 0.29) is 17.3 Å². The number of hydrogen-bond acceptors (Lipinski definition) is 3. The summed E-state index contributed by atoms with van der Waals surface area (Å²) in [5.41, 5.74) is 4.34. The number of halogens is 1. The first-order valence-electron chi connectivity index (χ1n) is 10.9. The quantitative estimate of drug-likeness (QED) is 0.424. The molecule has 3 rings (SSSR count). The molecular formula is C26H29ClN2O3S. The fourth-order valence-corrected chi connectivity index (χ4v) is 5.11. The summed E-state index contributed by atoms with van der Waals surface area (Å²) in [6.07, 6.45) is 1.59. The largest absolute Gasteiger partial charge is 0.355 e. The van der Waals surface area contributed by atoms with Crippen molar-refractivity contribution in [1.29, 1.82) is 0 Å². The van der Waals surface area contributed by atoms with Crippen LogP contribution in [0.25, 0.3) is 0 Å². The van der Waals surface area contributed by atoms with Crippen LogP contribution >= 0.6 is 11.6 Å². The standard InChI is InChI=1S/C26H29ClN2O3S/c1-19-9-13-22(14-10-19)6-5-17-28-26(30)18-29(25-8-4-7-24(27)21(25)3)33(31,32)23-15-11-20(2)12-16-23/h4,7-16H,5-6,17-18H2,1-3H3,(H,28,30). The number of aryl methyl sites for hydroxylation is 3. The molecule has 0 spiro atoms. The van der Waals surface area contributed by atoms with Gasteiger partial charge in [-0.05, 0) is 69.0 Å². The van der Waals surface area contributed by atoms with Crippen molar-refractivity contribution in [2.45, 2.75) is 38.5 Å². The van der Waals surface area contributed by atoms with Gasteiger partial charge < -0.3 is 5.32 Å². The van der Waals surface area contributed by atoms with E-state index >= 15 is 0 Å². The average Bonchev–Trinajstić information content (AvgIpc) is 2.78. The second-order valence-corrected chi connectivity index (χ2v) is 10.4. The number of carbonyl (C=O) groups excluding carboxylic acids is 1. The number of sulfonamides is 1. The van der Waals surface area contributed by atoms with Crippen LogP contribution in [0.5, 0.6) is 0 Å². The molecule has 3 aromatic rings. The maximum Gasteiger partial charge on any atom is 0.264 e. The summed E-state index contributed by atoms with van der Waals surface area (Å²) in [5.74, 6) is -0.367. The molecule has 0 aliphatic rings. The number of rotatable bonds is 9. The molecule has 0 fully saturated rings. The van der Waals surface area contributed by atoms with Gasteiger partial charge in [0.25, 0.3) is 10.0 Å². The number of amides is 1. The Balaban J connectivity index is 1.75. The molecule has 0 aliphatic heterocycles. The smallest absolute Gasteiger partial charge is 0.264 e. The Morgan fingerprint density at radius 2 is 1.52 bits per heavy atom. The maximum atomic E-state index is 13.5. The molecule has 0 aliphatic carbocycles. The highest BCUT2D eigenvalue weighted by atomic mass is 35.5. The van der Waals surface area contributed by atoms with Crippen molar-refractivity contribution < 1.29 is 13.2 Å². The molecular weight excluding hydrogens is 456 g/mol. The molecule has 7 heteroatoms. The Morgan fingerprint density at radius 1 is 0.909 bits per heavy atom. The molecule has 0 atom stereocenters. The van der Waals surface area contributed by atoms with E-state index in [0.29, 0.717) is 22.8 Å². The van der Waals surface area contributed by atoms with Gasteiger partial charge in [-0.3, -0.25) is 9.10 Å². The van der Waals surface area contributed by atoms with Crippen molar-refractivity contribution in [3.8, 4) is 0 Å². The zero-order chi connectivity index (χ0) is 24.0. The van der Waals surface area contributed by atoms with Crippen LogP contribution in [0, 0.1) is 20.8 Å². The summed E-state index contributed by atoms with van der Waals surface area (Å²) in [5, 5.41) is 3.29. The van der Waals surface area contributed by atoms with Crippen molar-refractivity contribution in [1.82, 2.24) is 5.32 Å². The second-order valence-electron chi connectivity index (χ2n) is 8.15. The first kappa shape index (κ1) is 24.8. The van der Waals surface area contributed by atoms with Crippen LogP contribution in [0.3, 0.4) is 0 Å². The van der Waals surface area contributed by atoms with E-state index in [2.05, 4.69) is 29.6 Å². The van der Waals surface area contributed by atoms with E-state index in [1.807, 2.05) is 13.8 Å². The molecule has 3 aromatic carbocycles. The van der Waals surface area contributed by atoms with Crippen LogP contribution in [0.15, 0.2) is 71.6 Å². The van der Waals surface area contributed by atoms with Gasteiger partial charge in [-0.2, -0.15) is 0 Å². The monoisotopic (exact) mass is 484 g/mol. The number of nitrogens with one attached hydrogen (secondary N) is 1. The lowest BCUT2D eigenvalue weighted by Gasteiger charge is -2.26. The lowest BCUT2D eigenvalue weighted by atomic mass is 10.1. The number of nitrogens with zero attached hydrogens (tertiary/aromatic N) is 1. The molecule has 1 amide bonds. The Labute approximate surface area is 201 Å². The molecule has 0 unspecified atom stereocenters. The van der Waals surface area contributed by atoms with E-state index in [1.165, 1.54) is 11.1 Å². The van der Waals surface area contributed by atoms with E-state index in [9.17, 15) is 13.2 Å². The van der Waals surface area contributed by atoms with Gasteiger partial charge in [-0.15, -0.1) is 0 Å². The average molecular weight is 485 g/mol. The summed E-state index contributed by atoms with van der Waals surface area (Å²) >= 11 is 6.26. The number of anilines is 1. The Bertz CT molecular complexity index is 1210. The minimum atomic E-state index is -3.97. The van der Waals surface area contributed by atoms with Crippen LogP contribution < -0.4 is 9.62 Å². The Kier molecular flexibility index (Phi) is 8.16. The summed E-state index contributed by atoms with van der Waals surface area (Å²) in [4.78, 5) is 12.9. The highest BCUT2D eigenvalue weighted by molar-refractivity contribution is 7.92. The van der Waals surface area contributed by atoms with Gasteiger partial charge >= 0.3 is 0 Å². The zero-order valence-electron chi connectivity index (χ0n) is 19.1. The molecule has 0 bridgehead atoms. The minimum Gasteiger partial charge on any atom is -0.355 e. The first-order valence-corrected chi connectivity index (χ1v) is 12.7. The third-order valence-electron chi connectivity index (χ3n) is 5.49. The Morgan fingerprint density at radius 3 is 2.15 bits per heavy atom. The number of benzene rings is 3. The topological polar surface area (TPSA) is 66.5 Å². The van der Waals surface area contributed by atoms with E-state index in [1.54, 1.807) is 49.4 Å². The lowest BCUT2D eigenvalue weighted by Crippen LogP contribution is -2.41. The minimum absolute atomic E-state index is 0.125. The molecule has 0 saturated heterocycles. The predicted octanol–water partition coefficient (Wildman–Crippen LogP) is 5.21. The first-order chi connectivity index (χ1) is 15.7. The van der Waals surface area contributed by atoms with Crippen molar-refractivity contribution in [2.75, 3.05) is 17.4 Å². The summed E-state index contributed by atoms with van der Waals surface area (Å²) in [6.45, 7) is 5.80. The van der Waals surface area contributed by atoms with Gasteiger partial charge in [0, 0.05) is 11.6 Å². The third kappa shape index (κ3) is 6.36. The van der Waals surface area contributed by atoms with Crippen molar-refractivity contribution in [3.63, 3.8) is 0 Å². The molecule has 0 heterocycles. The fraction of sp³-hybridized carbons (Fsp3) is 0.269. The highest BCUT2D eigenvalue weighted by Gasteiger charge is 2.28. The second kappa shape index (κ2) is 10.9. The van der Waals surface area contributed by atoms with Gasteiger partial charge in [0.2, 0.25) is 5.91 Å². The number of carbonyl (C=O) groups is 1.